The third-order valence-electron chi connectivity index (χ3n) is 4.72. The molecule has 1 saturated heterocycles. The predicted octanol–water partition coefficient (Wildman–Crippen LogP) is 3.88. The number of likely N-dealkylation sites (tertiary alicyclic amines) is 1. The van der Waals surface area contributed by atoms with Crippen molar-refractivity contribution in [3.8, 4) is 0 Å². The van der Waals surface area contributed by atoms with Crippen LogP contribution in [0.1, 0.15) is 30.4 Å². The van der Waals surface area contributed by atoms with Crippen LogP contribution < -0.4 is 11.1 Å². The fourth-order valence-electron chi connectivity index (χ4n) is 3.10. The van der Waals surface area contributed by atoms with Gasteiger partial charge in [0.05, 0.1) is 0 Å². The number of amides is 1. The Balaban J connectivity index is 1.81. The Labute approximate surface area is 168 Å². The summed E-state index contributed by atoms with van der Waals surface area (Å²) in [6.45, 7) is 5.82. The highest BCUT2D eigenvalue weighted by Crippen LogP contribution is 2.29. The number of nitrogens with one attached hydrogen (secondary N) is 1. The van der Waals surface area contributed by atoms with Gasteiger partial charge in [-0.1, -0.05) is 41.9 Å². The predicted molar refractivity (Wildman–Crippen MR) is 111 cm³/mol. The first-order chi connectivity index (χ1) is 12.9. The first kappa shape index (κ1) is 19.9. The van der Waals surface area contributed by atoms with Crippen molar-refractivity contribution in [2.45, 2.75) is 43.6 Å². The van der Waals surface area contributed by atoms with E-state index in [1.807, 2.05) is 12.1 Å². The van der Waals surface area contributed by atoms with Gasteiger partial charge < -0.3 is 11.1 Å². The number of carbonyl (C=O) groups is 1. The first-order valence-electron chi connectivity index (χ1n) is 9.02. The summed E-state index contributed by atoms with van der Waals surface area (Å²) in [5, 5.41) is 3.57. The fourth-order valence-corrected chi connectivity index (χ4v) is 4.31. The van der Waals surface area contributed by atoms with Crippen LogP contribution in [-0.2, 0) is 4.79 Å². The Bertz CT molecular complexity index is 826. The molecule has 1 atom stereocenters. The molecule has 1 aliphatic heterocycles. The molecule has 6 nitrogen and oxygen atoms in total. The maximum atomic E-state index is 12.0. The van der Waals surface area contributed by atoms with Crippen LogP contribution in [0, 0.1) is 13.8 Å². The fraction of sp³-hybridized carbons (Fsp3) is 0.421. The molecular weight excluding hydrogens is 382 g/mol. The second-order valence-electron chi connectivity index (χ2n) is 6.70. The smallest absolute Gasteiger partial charge is 0.245 e. The van der Waals surface area contributed by atoms with Crippen molar-refractivity contribution in [3.05, 3.63) is 40.5 Å². The topological polar surface area (TPSA) is 84.1 Å². The van der Waals surface area contributed by atoms with E-state index >= 15 is 0 Å². The lowest BCUT2D eigenvalue weighted by Gasteiger charge is -2.31. The van der Waals surface area contributed by atoms with E-state index in [9.17, 15) is 4.79 Å². The Morgan fingerprint density at radius 1 is 1.26 bits per heavy atom. The van der Waals surface area contributed by atoms with Crippen LogP contribution in [0.2, 0.25) is 5.15 Å². The van der Waals surface area contributed by atoms with Gasteiger partial charge in [-0.15, -0.1) is 0 Å². The molecule has 2 heterocycles. The number of rotatable bonds is 6. The molecule has 0 spiro atoms. The average Bonchev–Trinajstić information content (AvgIpc) is 2.63. The number of aromatic nitrogens is 2. The van der Waals surface area contributed by atoms with Crippen molar-refractivity contribution in [3.63, 3.8) is 0 Å². The molecule has 1 aromatic carbocycles. The number of carbonyl (C=O) groups excluding carboxylic acids is 1. The number of nitrogens with two attached hydrogens (primary N) is 1. The van der Waals surface area contributed by atoms with Gasteiger partial charge in [0, 0.05) is 11.8 Å². The second kappa shape index (κ2) is 8.91. The molecule has 1 fully saturated rings. The number of anilines is 2. The summed E-state index contributed by atoms with van der Waals surface area (Å²) in [7, 11) is 0. The van der Waals surface area contributed by atoms with Crippen LogP contribution in [0.25, 0.3) is 0 Å². The number of primary amides is 1. The zero-order chi connectivity index (χ0) is 19.4. The van der Waals surface area contributed by atoms with E-state index in [1.54, 1.807) is 6.07 Å². The van der Waals surface area contributed by atoms with Crippen molar-refractivity contribution in [2.24, 2.45) is 5.73 Å². The van der Waals surface area contributed by atoms with E-state index in [0.717, 1.165) is 37.2 Å². The molecule has 0 bridgehead atoms. The molecule has 144 valence electrons. The second-order valence-corrected chi connectivity index (χ2v) is 8.13. The summed E-state index contributed by atoms with van der Waals surface area (Å²) < 4.78 is 0. The molecule has 1 amide bonds. The SMILES string of the molecule is Cc1cccc(Nc2cc(Cl)nc(SC(C(N)=O)N3CCCCC3)n2)c1C. The monoisotopic (exact) mass is 405 g/mol. The van der Waals surface area contributed by atoms with Crippen LogP contribution in [-0.4, -0.2) is 39.2 Å². The molecular formula is C19H24ClN5OS. The van der Waals surface area contributed by atoms with Gasteiger partial charge in [-0.3, -0.25) is 9.69 Å². The van der Waals surface area contributed by atoms with Crippen LogP contribution in [0.15, 0.2) is 29.4 Å². The lowest BCUT2D eigenvalue weighted by molar-refractivity contribution is -0.120. The van der Waals surface area contributed by atoms with Crippen molar-refractivity contribution in [2.75, 3.05) is 18.4 Å². The Morgan fingerprint density at radius 3 is 2.70 bits per heavy atom. The van der Waals surface area contributed by atoms with Gasteiger partial charge in [0.15, 0.2) is 5.16 Å². The molecule has 3 rings (SSSR count). The number of thioether (sulfide) groups is 1. The first-order valence-corrected chi connectivity index (χ1v) is 10.3. The highest BCUT2D eigenvalue weighted by Gasteiger charge is 2.27. The molecule has 3 N–H and O–H groups in total. The van der Waals surface area contributed by atoms with Gasteiger partial charge in [0.1, 0.15) is 16.3 Å². The Hall–Kier alpha value is -1.83. The van der Waals surface area contributed by atoms with E-state index in [1.165, 1.54) is 23.7 Å². The van der Waals surface area contributed by atoms with Gasteiger partial charge >= 0.3 is 0 Å². The molecule has 0 radical (unpaired) electrons. The highest BCUT2D eigenvalue weighted by molar-refractivity contribution is 8.00. The summed E-state index contributed by atoms with van der Waals surface area (Å²) in [5.41, 5.74) is 8.94. The summed E-state index contributed by atoms with van der Waals surface area (Å²) in [6.07, 6.45) is 3.32. The minimum atomic E-state index is -0.489. The highest BCUT2D eigenvalue weighted by atomic mass is 35.5. The van der Waals surface area contributed by atoms with Gasteiger partial charge in [-0.05, 0) is 57.0 Å². The van der Waals surface area contributed by atoms with Crippen molar-refractivity contribution < 1.29 is 4.79 Å². The molecule has 1 aromatic heterocycles. The number of hydrogen-bond donors (Lipinski definition) is 2. The lowest BCUT2D eigenvalue weighted by Crippen LogP contribution is -2.45. The minimum Gasteiger partial charge on any atom is -0.368 e. The van der Waals surface area contributed by atoms with Crippen molar-refractivity contribution in [1.29, 1.82) is 0 Å². The van der Waals surface area contributed by atoms with Gasteiger partial charge in [-0.25, -0.2) is 9.97 Å². The maximum absolute atomic E-state index is 12.0. The summed E-state index contributed by atoms with van der Waals surface area (Å²) in [5.74, 6) is 0.211. The Kier molecular flexibility index (Phi) is 6.57. The van der Waals surface area contributed by atoms with E-state index in [-0.39, 0.29) is 5.91 Å². The third kappa shape index (κ3) is 5.12. The van der Waals surface area contributed by atoms with Gasteiger partial charge in [-0.2, -0.15) is 0 Å². The quantitative estimate of drug-likeness (QED) is 0.431. The van der Waals surface area contributed by atoms with Gasteiger partial charge in [0.25, 0.3) is 0 Å². The maximum Gasteiger partial charge on any atom is 0.245 e. The number of halogens is 1. The number of aryl methyl sites for hydroxylation is 1. The number of hydrogen-bond acceptors (Lipinski definition) is 6. The zero-order valence-electron chi connectivity index (χ0n) is 15.5. The zero-order valence-corrected chi connectivity index (χ0v) is 17.1. The lowest BCUT2D eigenvalue weighted by atomic mass is 10.1. The third-order valence-corrected chi connectivity index (χ3v) is 6.07. The average molecular weight is 406 g/mol. The van der Waals surface area contributed by atoms with E-state index < -0.39 is 5.37 Å². The number of piperidine rings is 1. The molecule has 8 heteroatoms. The number of benzene rings is 1. The van der Waals surface area contributed by atoms with Crippen LogP contribution >= 0.6 is 23.4 Å². The van der Waals surface area contributed by atoms with Gasteiger partial charge in [0.2, 0.25) is 5.91 Å². The summed E-state index contributed by atoms with van der Waals surface area (Å²) in [6, 6.07) is 7.71. The standard InChI is InChI=1S/C19H24ClN5OS/c1-12-7-6-8-14(13(12)2)22-16-11-15(20)23-19(24-16)27-18(17(21)26)25-9-4-3-5-10-25/h6-8,11,18H,3-5,9-10H2,1-2H3,(H2,21,26)(H,22,23,24). The van der Waals surface area contributed by atoms with Crippen LogP contribution in [0.4, 0.5) is 11.5 Å². The summed E-state index contributed by atoms with van der Waals surface area (Å²) in [4.78, 5) is 22.9. The molecule has 27 heavy (non-hydrogen) atoms. The largest absolute Gasteiger partial charge is 0.368 e. The molecule has 0 saturated carbocycles. The van der Waals surface area contributed by atoms with E-state index in [4.69, 9.17) is 17.3 Å². The van der Waals surface area contributed by atoms with Crippen molar-refractivity contribution >= 4 is 40.8 Å². The van der Waals surface area contributed by atoms with Crippen LogP contribution in [0.3, 0.4) is 0 Å². The summed E-state index contributed by atoms with van der Waals surface area (Å²) >= 11 is 7.46. The molecule has 1 aliphatic rings. The van der Waals surface area contributed by atoms with E-state index in [0.29, 0.717) is 16.1 Å². The normalized spacial score (nSPS) is 16.1. The Morgan fingerprint density at radius 2 is 2.00 bits per heavy atom. The molecule has 0 aliphatic carbocycles. The molecule has 1 unspecified atom stereocenters. The van der Waals surface area contributed by atoms with Crippen LogP contribution in [0.5, 0.6) is 0 Å². The minimum absolute atomic E-state index is 0.321. The number of nitrogens with zero attached hydrogens (tertiary/aromatic N) is 3. The molecule has 2 aromatic rings. The van der Waals surface area contributed by atoms with E-state index in [2.05, 4.69) is 40.1 Å². The van der Waals surface area contributed by atoms with Crippen molar-refractivity contribution in [1.82, 2.24) is 14.9 Å².